The van der Waals surface area contributed by atoms with Gasteiger partial charge in [0.25, 0.3) is 5.91 Å². The SMILES string of the molecule is Cc1cc(C)c(-n2ccn3nc(-c4cccnc4)cc23)cc1NC(=O)c1cc(C(C)C(=O)O)cc(S(F)(F)(F)(F)F)c1. The van der Waals surface area contributed by atoms with Crippen molar-refractivity contribution in [2.75, 3.05) is 5.32 Å². The van der Waals surface area contributed by atoms with Crippen molar-refractivity contribution in [3.8, 4) is 16.9 Å². The molecule has 1 atom stereocenters. The van der Waals surface area contributed by atoms with E-state index in [1.807, 2.05) is 19.1 Å². The molecule has 3 aromatic heterocycles. The van der Waals surface area contributed by atoms with Gasteiger partial charge in [-0.2, -0.15) is 5.10 Å². The van der Waals surface area contributed by atoms with Gasteiger partial charge in [0.2, 0.25) is 0 Å². The molecule has 0 radical (unpaired) electrons. The van der Waals surface area contributed by atoms with Crippen LogP contribution in [0.4, 0.5) is 25.1 Å². The van der Waals surface area contributed by atoms with Crippen LogP contribution in [-0.2, 0) is 4.79 Å². The molecule has 2 N–H and O–H groups in total. The zero-order chi connectivity index (χ0) is 30.7. The molecule has 0 saturated carbocycles. The number of nitrogens with zero attached hydrogens (tertiary/aromatic N) is 4. The van der Waals surface area contributed by atoms with Gasteiger partial charge in [-0.25, -0.2) is 4.52 Å². The third-order valence-electron chi connectivity index (χ3n) is 6.83. The lowest BCUT2D eigenvalue weighted by atomic mass is 9.99. The highest BCUT2D eigenvalue weighted by molar-refractivity contribution is 8.45. The quantitative estimate of drug-likeness (QED) is 0.184. The van der Waals surface area contributed by atoms with E-state index >= 15 is 0 Å². The molecule has 2 aromatic carbocycles. The molecule has 0 aliphatic heterocycles. The number of hydrogen-bond acceptors (Lipinski definition) is 4. The lowest BCUT2D eigenvalue weighted by Gasteiger charge is -2.41. The summed E-state index contributed by atoms with van der Waals surface area (Å²) in [5.41, 5.74) is 2.98. The van der Waals surface area contributed by atoms with E-state index in [9.17, 15) is 34.1 Å². The summed E-state index contributed by atoms with van der Waals surface area (Å²) in [6, 6.07) is 9.83. The number of hydrogen-bond donors (Lipinski definition) is 2. The number of carboxylic acid groups (broad SMARTS) is 1. The number of aromatic nitrogens is 4. The maximum atomic E-state index is 13.7. The number of halogens is 5. The molecule has 0 spiro atoms. The van der Waals surface area contributed by atoms with Crippen molar-refractivity contribution in [3.05, 3.63) is 95.6 Å². The number of carboxylic acids is 1. The number of anilines is 1. The van der Waals surface area contributed by atoms with Gasteiger partial charge in [0.05, 0.1) is 17.3 Å². The van der Waals surface area contributed by atoms with E-state index in [1.165, 1.54) is 0 Å². The molecule has 5 rings (SSSR count). The number of aliphatic carboxylic acids is 1. The van der Waals surface area contributed by atoms with Crippen LogP contribution < -0.4 is 5.32 Å². The van der Waals surface area contributed by atoms with Gasteiger partial charge < -0.3 is 10.4 Å². The minimum absolute atomic E-state index is 0.0428. The first-order valence-electron chi connectivity index (χ1n) is 12.4. The molecule has 0 aliphatic carbocycles. The summed E-state index contributed by atoms with van der Waals surface area (Å²) >= 11 is 0. The standard InChI is InChI=1S/C28H24F5N5O3S/c1-16-9-17(2)25(37-7-8-38-26(37)14-24(36-38)19-5-4-6-34-15-19)13-23(16)35-27(39)21-10-20(18(3)28(40)41)11-22(12-21)42(29,30,31,32)33/h4-15,18H,1-3H3,(H,35,39)(H,40,41). The Bertz CT molecular complexity index is 1890. The second-order valence-corrected chi connectivity index (χ2v) is 12.4. The van der Waals surface area contributed by atoms with E-state index in [-0.39, 0.29) is 17.8 Å². The monoisotopic (exact) mass is 605 g/mol. The lowest BCUT2D eigenvalue weighted by Crippen LogP contribution is -2.17. The van der Waals surface area contributed by atoms with Crippen molar-refractivity contribution in [2.24, 2.45) is 0 Å². The van der Waals surface area contributed by atoms with Crippen molar-refractivity contribution >= 4 is 33.4 Å². The van der Waals surface area contributed by atoms with E-state index in [2.05, 4.69) is 15.4 Å². The number of aryl methyl sites for hydroxylation is 2. The van der Waals surface area contributed by atoms with Gasteiger partial charge in [-0.3, -0.25) is 19.1 Å². The lowest BCUT2D eigenvalue weighted by molar-refractivity contribution is -0.138. The number of rotatable bonds is 7. The van der Waals surface area contributed by atoms with Gasteiger partial charge in [0, 0.05) is 47.7 Å². The first kappa shape index (κ1) is 28.8. The molecule has 3 heterocycles. The highest BCUT2D eigenvalue weighted by Crippen LogP contribution is 3.02. The second kappa shape index (κ2) is 9.14. The minimum Gasteiger partial charge on any atom is -0.481 e. The number of fused-ring (bicyclic) bond motifs is 1. The zero-order valence-corrected chi connectivity index (χ0v) is 23.2. The number of pyridine rings is 1. The Labute approximate surface area is 236 Å². The molecule has 42 heavy (non-hydrogen) atoms. The van der Waals surface area contributed by atoms with Crippen molar-refractivity contribution in [3.63, 3.8) is 0 Å². The van der Waals surface area contributed by atoms with E-state index in [1.54, 1.807) is 59.0 Å². The van der Waals surface area contributed by atoms with Gasteiger partial charge in [-0.15, -0.1) is 0 Å². The Balaban J connectivity index is 1.55. The predicted molar refractivity (Wildman–Crippen MR) is 149 cm³/mol. The first-order chi connectivity index (χ1) is 19.4. The number of benzene rings is 2. The third kappa shape index (κ3) is 5.57. The van der Waals surface area contributed by atoms with E-state index in [0.29, 0.717) is 22.6 Å². The highest BCUT2D eigenvalue weighted by atomic mass is 32.5. The summed E-state index contributed by atoms with van der Waals surface area (Å²) in [7, 11) is -10.2. The first-order valence-corrected chi connectivity index (χ1v) is 14.4. The van der Waals surface area contributed by atoms with Crippen molar-refractivity contribution < 1.29 is 34.1 Å². The Morgan fingerprint density at radius 3 is 2.36 bits per heavy atom. The van der Waals surface area contributed by atoms with Crippen LogP contribution in [0.2, 0.25) is 0 Å². The number of imidazole rings is 1. The number of carbonyl (C=O) groups excluding carboxylic acids is 1. The summed E-state index contributed by atoms with van der Waals surface area (Å²) in [5.74, 6) is -4.23. The van der Waals surface area contributed by atoms with Crippen LogP contribution in [0.15, 0.2) is 78.2 Å². The predicted octanol–water partition coefficient (Wildman–Crippen LogP) is 7.90. The molecule has 0 fully saturated rings. The van der Waals surface area contributed by atoms with Crippen LogP contribution in [0.3, 0.4) is 0 Å². The molecular formula is C28H24F5N5O3S. The molecule has 0 aliphatic rings. The van der Waals surface area contributed by atoms with Crippen LogP contribution in [0, 0.1) is 13.8 Å². The summed E-state index contributed by atoms with van der Waals surface area (Å²) in [6.07, 6.45) is 6.79. The maximum absolute atomic E-state index is 13.7. The minimum atomic E-state index is -10.2. The average molecular weight is 606 g/mol. The maximum Gasteiger partial charge on any atom is 0.310 e. The number of nitrogens with one attached hydrogen (secondary N) is 1. The fourth-order valence-corrected chi connectivity index (χ4v) is 5.25. The van der Waals surface area contributed by atoms with Gasteiger partial charge in [0.15, 0.2) is 0 Å². The van der Waals surface area contributed by atoms with Crippen LogP contribution in [0.1, 0.15) is 39.9 Å². The molecule has 220 valence electrons. The van der Waals surface area contributed by atoms with Gasteiger partial charge in [0.1, 0.15) is 10.5 Å². The second-order valence-electron chi connectivity index (χ2n) is 9.97. The van der Waals surface area contributed by atoms with Crippen molar-refractivity contribution in [1.82, 2.24) is 19.2 Å². The average Bonchev–Trinajstić information content (AvgIpc) is 3.50. The van der Waals surface area contributed by atoms with Gasteiger partial charge in [-0.05, 0) is 73.9 Å². The fraction of sp³-hybridized carbons (Fsp3) is 0.143. The van der Waals surface area contributed by atoms with E-state index in [4.69, 9.17) is 0 Å². The normalized spacial score (nSPS) is 14.3. The fourth-order valence-electron chi connectivity index (χ4n) is 4.54. The molecule has 8 nitrogen and oxygen atoms in total. The molecule has 1 amide bonds. The summed E-state index contributed by atoms with van der Waals surface area (Å²) < 4.78 is 72.1. The van der Waals surface area contributed by atoms with Crippen LogP contribution >= 0.6 is 10.2 Å². The summed E-state index contributed by atoms with van der Waals surface area (Å²) in [5, 5.41) is 16.3. The molecule has 14 heteroatoms. The molecular weight excluding hydrogens is 581 g/mol. The van der Waals surface area contributed by atoms with Crippen molar-refractivity contribution in [1.29, 1.82) is 0 Å². The van der Waals surface area contributed by atoms with Crippen molar-refractivity contribution in [2.45, 2.75) is 31.6 Å². The van der Waals surface area contributed by atoms with Crippen LogP contribution in [0.25, 0.3) is 22.6 Å². The highest BCUT2D eigenvalue weighted by Gasteiger charge is 2.65. The smallest absolute Gasteiger partial charge is 0.310 e. The van der Waals surface area contributed by atoms with E-state index < -0.39 is 44.0 Å². The topological polar surface area (TPSA) is 102 Å². The Kier molecular flexibility index (Phi) is 6.27. The zero-order valence-electron chi connectivity index (χ0n) is 22.4. The van der Waals surface area contributed by atoms with Crippen LogP contribution in [0.5, 0.6) is 0 Å². The molecule has 0 saturated heterocycles. The Hall–Kier alpha value is -4.72. The molecule has 1 unspecified atom stereocenters. The Morgan fingerprint density at radius 1 is 0.976 bits per heavy atom. The third-order valence-corrected chi connectivity index (χ3v) is 7.96. The summed E-state index contributed by atoms with van der Waals surface area (Å²) in [4.78, 5) is 26.4. The van der Waals surface area contributed by atoms with Crippen LogP contribution in [-0.4, -0.2) is 36.1 Å². The van der Waals surface area contributed by atoms with E-state index in [0.717, 1.165) is 24.1 Å². The number of carbonyl (C=O) groups is 2. The van der Waals surface area contributed by atoms with Gasteiger partial charge in [-0.1, -0.05) is 25.5 Å². The Morgan fingerprint density at radius 2 is 1.71 bits per heavy atom. The summed E-state index contributed by atoms with van der Waals surface area (Å²) in [6.45, 7) is 4.54. The number of amides is 1. The largest absolute Gasteiger partial charge is 0.481 e. The molecule has 5 aromatic rings. The van der Waals surface area contributed by atoms with Gasteiger partial charge >= 0.3 is 16.2 Å². The molecule has 0 bridgehead atoms.